The van der Waals surface area contributed by atoms with Crippen LogP contribution < -0.4 is 4.90 Å². The average Bonchev–Trinajstić information content (AvgIpc) is 2.73. The van der Waals surface area contributed by atoms with E-state index in [-0.39, 0.29) is 5.57 Å². The molecule has 0 spiro atoms. The standard InChI is InChI=1S/C24H23F3N2/c1-18(20-12-11-19-7-5-6-8-21(19)17-20)23(24(25,26)27)29-15-13-28(14-16-29)22-9-3-2-4-10-22/h2-12,17H,13-16H2,1H3/b23-18-. The molecule has 0 atom stereocenters. The van der Waals surface area contributed by atoms with Crippen LogP contribution in [0.1, 0.15) is 12.5 Å². The number of halogens is 3. The molecule has 1 heterocycles. The number of fused-ring (bicyclic) bond motifs is 1. The first-order valence-corrected chi connectivity index (χ1v) is 9.76. The first-order valence-electron chi connectivity index (χ1n) is 9.76. The Labute approximate surface area is 168 Å². The summed E-state index contributed by atoms with van der Waals surface area (Å²) in [4.78, 5) is 3.62. The van der Waals surface area contributed by atoms with Gasteiger partial charge in [-0.2, -0.15) is 13.2 Å². The van der Waals surface area contributed by atoms with Crippen molar-refractivity contribution in [3.05, 3.63) is 84.1 Å². The van der Waals surface area contributed by atoms with Gasteiger partial charge >= 0.3 is 6.18 Å². The Hall–Kier alpha value is -2.95. The third-order valence-electron chi connectivity index (χ3n) is 5.52. The fourth-order valence-electron chi connectivity index (χ4n) is 4.02. The molecule has 0 aromatic heterocycles. The quantitative estimate of drug-likeness (QED) is 0.539. The molecule has 1 aliphatic rings. The van der Waals surface area contributed by atoms with Crippen molar-refractivity contribution < 1.29 is 13.2 Å². The van der Waals surface area contributed by atoms with E-state index in [2.05, 4.69) is 4.90 Å². The number of benzene rings is 3. The molecule has 0 bridgehead atoms. The second-order valence-corrected chi connectivity index (χ2v) is 7.34. The summed E-state index contributed by atoms with van der Waals surface area (Å²) in [6.45, 7) is 3.39. The number of rotatable bonds is 3. The minimum absolute atomic E-state index is 0.274. The molecule has 0 saturated carbocycles. The molecule has 0 unspecified atom stereocenters. The van der Waals surface area contributed by atoms with Crippen molar-refractivity contribution in [1.82, 2.24) is 4.90 Å². The van der Waals surface area contributed by atoms with Gasteiger partial charge in [-0.1, -0.05) is 54.6 Å². The molecule has 0 aliphatic carbocycles. The Morgan fingerprint density at radius 2 is 1.38 bits per heavy atom. The first kappa shape index (κ1) is 19.4. The van der Waals surface area contributed by atoms with Crippen LogP contribution in [-0.2, 0) is 0 Å². The third-order valence-corrected chi connectivity index (χ3v) is 5.52. The fourth-order valence-corrected chi connectivity index (χ4v) is 4.02. The minimum atomic E-state index is -4.40. The normalized spacial score (nSPS) is 16.1. The lowest BCUT2D eigenvalue weighted by Crippen LogP contribution is -2.48. The minimum Gasteiger partial charge on any atom is -0.368 e. The number of piperazine rings is 1. The van der Waals surface area contributed by atoms with Gasteiger partial charge in [-0.3, -0.25) is 0 Å². The van der Waals surface area contributed by atoms with Crippen molar-refractivity contribution in [1.29, 1.82) is 0 Å². The van der Waals surface area contributed by atoms with Gasteiger partial charge in [0.05, 0.1) is 0 Å². The van der Waals surface area contributed by atoms with Crippen LogP contribution in [0.25, 0.3) is 16.3 Å². The SMILES string of the molecule is C/C(=C(/N1CCN(c2ccccc2)CC1)C(F)(F)F)c1ccc2ccccc2c1. The summed E-state index contributed by atoms with van der Waals surface area (Å²) in [6.07, 6.45) is -4.40. The molecular formula is C24H23F3N2. The van der Waals surface area contributed by atoms with Crippen LogP contribution in [-0.4, -0.2) is 37.3 Å². The van der Waals surface area contributed by atoms with Crippen LogP contribution in [0.2, 0.25) is 0 Å². The van der Waals surface area contributed by atoms with Gasteiger partial charge in [0.15, 0.2) is 0 Å². The van der Waals surface area contributed by atoms with Crippen molar-refractivity contribution in [3.8, 4) is 0 Å². The first-order chi connectivity index (χ1) is 13.9. The van der Waals surface area contributed by atoms with Crippen LogP contribution in [0.4, 0.5) is 18.9 Å². The molecule has 1 aliphatic heterocycles. The Balaban J connectivity index is 1.64. The highest BCUT2D eigenvalue weighted by atomic mass is 19.4. The van der Waals surface area contributed by atoms with Crippen LogP contribution in [0.5, 0.6) is 0 Å². The van der Waals surface area contributed by atoms with Crippen LogP contribution >= 0.6 is 0 Å². The Bertz CT molecular complexity index is 1020. The van der Waals surface area contributed by atoms with Crippen molar-refractivity contribution in [2.45, 2.75) is 13.1 Å². The highest BCUT2D eigenvalue weighted by molar-refractivity contribution is 5.86. The molecule has 1 fully saturated rings. The van der Waals surface area contributed by atoms with Crippen LogP contribution in [0, 0.1) is 0 Å². The molecule has 0 N–H and O–H groups in total. The van der Waals surface area contributed by atoms with Crippen molar-refractivity contribution >= 4 is 22.0 Å². The molecule has 0 radical (unpaired) electrons. The monoisotopic (exact) mass is 396 g/mol. The van der Waals surface area contributed by atoms with E-state index in [4.69, 9.17) is 0 Å². The average molecular weight is 396 g/mol. The van der Waals surface area contributed by atoms with Crippen molar-refractivity contribution in [2.75, 3.05) is 31.1 Å². The van der Waals surface area contributed by atoms with Crippen molar-refractivity contribution in [3.63, 3.8) is 0 Å². The van der Waals surface area contributed by atoms with E-state index >= 15 is 0 Å². The summed E-state index contributed by atoms with van der Waals surface area (Å²) >= 11 is 0. The molecule has 0 amide bonds. The maximum absolute atomic E-state index is 14.1. The number of hydrogen-bond donors (Lipinski definition) is 0. The number of anilines is 1. The van der Waals surface area contributed by atoms with E-state index in [0.717, 1.165) is 16.5 Å². The predicted octanol–water partition coefficient (Wildman–Crippen LogP) is 5.96. The lowest BCUT2D eigenvalue weighted by Gasteiger charge is -2.39. The van der Waals surface area contributed by atoms with Crippen molar-refractivity contribution in [2.24, 2.45) is 0 Å². The molecule has 3 aromatic carbocycles. The number of nitrogens with zero attached hydrogens (tertiary/aromatic N) is 2. The van der Waals surface area contributed by atoms with Gasteiger partial charge in [-0.15, -0.1) is 0 Å². The summed E-state index contributed by atoms with van der Waals surface area (Å²) in [6, 6.07) is 23.1. The molecule has 3 aromatic rings. The Morgan fingerprint density at radius 3 is 2.03 bits per heavy atom. The lowest BCUT2D eigenvalue weighted by molar-refractivity contribution is -0.111. The van der Waals surface area contributed by atoms with Crippen LogP contribution in [0.3, 0.4) is 0 Å². The molecule has 4 rings (SSSR count). The van der Waals surface area contributed by atoms with Gasteiger partial charge in [0.1, 0.15) is 5.70 Å². The molecule has 5 heteroatoms. The fraction of sp³-hybridized carbons (Fsp3) is 0.250. The predicted molar refractivity (Wildman–Crippen MR) is 113 cm³/mol. The van der Waals surface area contributed by atoms with E-state index in [1.54, 1.807) is 13.0 Å². The van der Waals surface area contributed by atoms with E-state index < -0.39 is 11.9 Å². The topological polar surface area (TPSA) is 6.48 Å². The lowest BCUT2D eigenvalue weighted by atomic mass is 10.00. The molecule has 1 saturated heterocycles. The largest absolute Gasteiger partial charge is 0.431 e. The maximum Gasteiger partial charge on any atom is 0.431 e. The highest BCUT2D eigenvalue weighted by Gasteiger charge is 2.40. The van der Waals surface area contributed by atoms with Gasteiger partial charge in [-0.05, 0) is 47.0 Å². The van der Waals surface area contributed by atoms with Crippen LogP contribution in [0.15, 0.2) is 78.5 Å². The van der Waals surface area contributed by atoms with Gasteiger partial charge < -0.3 is 9.80 Å². The van der Waals surface area contributed by atoms with Gasteiger partial charge in [0, 0.05) is 31.9 Å². The Kier molecular flexibility index (Phi) is 5.22. The number of alkyl halides is 3. The summed E-state index contributed by atoms with van der Waals surface area (Å²) in [5.74, 6) is 0. The van der Waals surface area contributed by atoms with E-state index in [9.17, 15) is 13.2 Å². The zero-order valence-corrected chi connectivity index (χ0v) is 16.3. The number of para-hydroxylation sites is 1. The zero-order chi connectivity index (χ0) is 20.4. The number of hydrogen-bond acceptors (Lipinski definition) is 2. The summed E-state index contributed by atoms with van der Waals surface area (Å²) < 4.78 is 42.2. The second-order valence-electron chi connectivity index (χ2n) is 7.34. The second kappa shape index (κ2) is 7.82. The van der Waals surface area contributed by atoms with Gasteiger partial charge in [-0.25, -0.2) is 0 Å². The highest BCUT2D eigenvalue weighted by Crippen LogP contribution is 2.36. The maximum atomic E-state index is 14.1. The smallest absolute Gasteiger partial charge is 0.368 e. The summed E-state index contributed by atoms with van der Waals surface area (Å²) in [7, 11) is 0. The Morgan fingerprint density at radius 1 is 0.759 bits per heavy atom. The van der Waals surface area contributed by atoms with Gasteiger partial charge in [0.25, 0.3) is 0 Å². The summed E-state index contributed by atoms with van der Waals surface area (Å²) in [5.41, 5.74) is 1.41. The molecule has 29 heavy (non-hydrogen) atoms. The zero-order valence-electron chi connectivity index (χ0n) is 16.3. The molecule has 150 valence electrons. The van der Waals surface area contributed by atoms with Gasteiger partial charge in [0.2, 0.25) is 0 Å². The van der Waals surface area contributed by atoms with E-state index in [0.29, 0.717) is 31.7 Å². The van der Waals surface area contributed by atoms with E-state index in [1.807, 2.05) is 66.7 Å². The molecule has 2 nitrogen and oxygen atoms in total. The number of allylic oxidation sites excluding steroid dienone is 2. The third kappa shape index (κ3) is 4.09. The molecular weight excluding hydrogens is 373 g/mol. The summed E-state index contributed by atoms with van der Waals surface area (Å²) in [5, 5.41) is 1.97. The van der Waals surface area contributed by atoms with E-state index in [1.165, 1.54) is 4.90 Å².